The van der Waals surface area contributed by atoms with Crippen LogP contribution in [0, 0.1) is 0 Å². The highest BCUT2D eigenvalue weighted by atomic mass is 16.7. The quantitative estimate of drug-likeness (QED) is 0.266. The smallest absolute Gasteiger partial charge is 0.219 e. The van der Waals surface area contributed by atoms with Crippen molar-refractivity contribution in [3.8, 4) is 0 Å². The molecule has 0 saturated carbocycles. The third-order valence-corrected chi connectivity index (χ3v) is 2.38. The molecule has 0 aromatic rings. The summed E-state index contributed by atoms with van der Waals surface area (Å²) in [6.45, 7) is -0.362. The van der Waals surface area contributed by atoms with Crippen LogP contribution < -0.4 is 5.32 Å². The summed E-state index contributed by atoms with van der Waals surface area (Å²) >= 11 is 0. The highest BCUT2D eigenvalue weighted by Crippen LogP contribution is 2.28. The van der Waals surface area contributed by atoms with Crippen LogP contribution in [0.25, 0.3) is 0 Å². The molecule has 7 nitrogen and oxygen atoms in total. The van der Waals surface area contributed by atoms with Crippen LogP contribution in [-0.2, 0) is 4.74 Å². The van der Waals surface area contributed by atoms with E-state index < -0.39 is 30.7 Å². The lowest BCUT2D eigenvalue weighted by atomic mass is 10.1. The van der Waals surface area contributed by atoms with Crippen molar-refractivity contribution in [2.75, 3.05) is 26.3 Å². The number of hydrogen-bond acceptors (Lipinski definition) is 7. The summed E-state index contributed by atoms with van der Waals surface area (Å²) in [5, 5.41) is 48.4. The molecule has 1 aliphatic rings. The number of ether oxygens (including phenoxy) is 1. The Kier molecular flexibility index (Phi) is 4.41. The van der Waals surface area contributed by atoms with Crippen LogP contribution in [-0.4, -0.2) is 75.9 Å². The van der Waals surface area contributed by atoms with Crippen molar-refractivity contribution in [2.45, 2.75) is 24.1 Å². The molecule has 1 aliphatic heterocycles. The van der Waals surface area contributed by atoms with Gasteiger partial charge in [-0.3, -0.25) is 0 Å². The van der Waals surface area contributed by atoms with E-state index in [0.29, 0.717) is 6.54 Å². The topological polar surface area (TPSA) is 122 Å². The molecule has 1 heterocycles. The number of aliphatic hydroxyl groups excluding tert-OH is 4. The van der Waals surface area contributed by atoms with E-state index >= 15 is 0 Å². The second-order valence-electron chi connectivity index (χ2n) is 3.52. The maximum atomic E-state index is 9.51. The van der Waals surface area contributed by atoms with Gasteiger partial charge < -0.3 is 35.6 Å². The van der Waals surface area contributed by atoms with Gasteiger partial charge in [0, 0.05) is 13.1 Å². The minimum Gasteiger partial charge on any atom is -0.395 e. The number of nitrogens with one attached hydrogen (secondary N) is 1. The zero-order valence-electron chi connectivity index (χ0n) is 8.20. The van der Waals surface area contributed by atoms with Gasteiger partial charge in [-0.2, -0.15) is 0 Å². The van der Waals surface area contributed by atoms with Gasteiger partial charge in [0.2, 0.25) is 5.79 Å². The van der Waals surface area contributed by atoms with Crippen LogP contribution >= 0.6 is 0 Å². The summed E-state index contributed by atoms with van der Waals surface area (Å²) in [7, 11) is 0. The van der Waals surface area contributed by atoms with Crippen molar-refractivity contribution in [3.63, 3.8) is 0 Å². The summed E-state index contributed by atoms with van der Waals surface area (Å²) in [5.41, 5.74) is 0. The summed E-state index contributed by atoms with van der Waals surface area (Å²) in [6, 6.07) is 0. The summed E-state index contributed by atoms with van der Waals surface area (Å²) in [5.74, 6) is -2.11. The Bertz CT molecular complexity index is 204. The fourth-order valence-electron chi connectivity index (χ4n) is 1.49. The molecule has 0 aliphatic carbocycles. The van der Waals surface area contributed by atoms with Crippen LogP contribution in [0.5, 0.6) is 0 Å². The van der Waals surface area contributed by atoms with Crippen molar-refractivity contribution in [3.05, 3.63) is 0 Å². The zero-order valence-corrected chi connectivity index (χ0v) is 8.20. The van der Waals surface area contributed by atoms with Gasteiger partial charge in [0.05, 0.1) is 13.2 Å². The first-order valence-electron chi connectivity index (χ1n) is 4.74. The Morgan fingerprint density at radius 1 is 1.27 bits per heavy atom. The highest BCUT2D eigenvalue weighted by molar-refractivity contribution is 4.95. The number of rotatable bonds is 5. The molecule has 0 aromatic carbocycles. The lowest BCUT2D eigenvalue weighted by molar-refractivity contribution is -0.245. The summed E-state index contributed by atoms with van der Waals surface area (Å²) in [4.78, 5) is 0. The van der Waals surface area contributed by atoms with E-state index in [1.807, 2.05) is 0 Å². The SMILES string of the molecule is OCCNC[C@H]1OC(O)(CO)[C@H](O)[C@H]1O. The molecule has 1 saturated heterocycles. The lowest BCUT2D eigenvalue weighted by Gasteiger charge is -2.22. The van der Waals surface area contributed by atoms with E-state index in [4.69, 9.17) is 14.9 Å². The van der Waals surface area contributed by atoms with Gasteiger partial charge in [-0.1, -0.05) is 0 Å². The van der Waals surface area contributed by atoms with Crippen LogP contribution in [0.1, 0.15) is 0 Å². The third kappa shape index (κ3) is 2.64. The average molecular weight is 223 g/mol. The molecule has 90 valence electrons. The molecule has 0 aromatic heterocycles. The van der Waals surface area contributed by atoms with E-state index in [1.165, 1.54) is 0 Å². The van der Waals surface area contributed by atoms with Crippen molar-refractivity contribution in [1.29, 1.82) is 0 Å². The van der Waals surface area contributed by atoms with Crippen molar-refractivity contribution >= 4 is 0 Å². The van der Waals surface area contributed by atoms with Gasteiger partial charge in [0.15, 0.2) is 0 Å². The number of hydrogen-bond donors (Lipinski definition) is 6. The van der Waals surface area contributed by atoms with Crippen LogP contribution in [0.2, 0.25) is 0 Å². The first-order valence-corrected chi connectivity index (χ1v) is 4.74. The number of aliphatic hydroxyl groups is 5. The van der Waals surface area contributed by atoms with Gasteiger partial charge in [-0.25, -0.2) is 0 Å². The molecule has 1 rings (SSSR count). The minimum absolute atomic E-state index is 0.0599. The fourth-order valence-corrected chi connectivity index (χ4v) is 1.49. The van der Waals surface area contributed by atoms with Gasteiger partial charge >= 0.3 is 0 Å². The van der Waals surface area contributed by atoms with E-state index in [1.54, 1.807) is 0 Å². The molecule has 0 bridgehead atoms. The third-order valence-electron chi connectivity index (χ3n) is 2.38. The normalized spacial score (nSPS) is 41.0. The predicted octanol–water partition coefficient (Wildman–Crippen LogP) is -3.63. The highest BCUT2D eigenvalue weighted by Gasteiger charge is 2.52. The van der Waals surface area contributed by atoms with E-state index in [9.17, 15) is 15.3 Å². The molecule has 7 heteroatoms. The maximum Gasteiger partial charge on any atom is 0.219 e. The van der Waals surface area contributed by atoms with Crippen LogP contribution in [0.4, 0.5) is 0 Å². The maximum absolute atomic E-state index is 9.51. The van der Waals surface area contributed by atoms with Crippen LogP contribution in [0.15, 0.2) is 0 Å². The molecule has 4 atom stereocenters. The monoisotopic (exact) mass is 223 g/mol. The Morgan fingerprint density at radius 2 is 1.93 bits per heavy atom. The Hall–Kier alpha value is -0.280. The summed E-state index contributed by atoms with van der Waals surface area (Å²) in [6.07, 6.45) is -3.62. The largest absolute Gasteiger partial charge is 0.395 e. The molecule has 0 amide bonds. The minimum atomic E-state index is -2.11. The molecule has 15 heavy (non-hydrogen) atoms. The van der Waals surface area contributed by atoms with Crippen molar-refractivity contribution in [2.24, 2.45) is 0 Å². The molecule has 1 unspecified atom stereocenters. The first kappa shape index (κ1) is 12.8. The standard InChI is InChI=1S/C8H17NO6/c10-2-1-9-3-5-6(12)7(13)8(14,4-11)15-5/h5-7,9-14H,1-4H2/t5-,6+,7-,8?/m1/s1. The second-order valence-corrected chi connectivity index (χ2v) is 3.52. The Labute approximate surface area is 86.9 Å². The van der Waals surface area contributed by atoms with Gasteiger partial charge in [-0.15, -0.1) is 0 Å². The van der Waals surface area contributed by atoms with Gasteiger partial charge in [0.1, 0.15) is 18.3 Å². The molecule has 1 fully saturated rings. The van der Waals surface area contributed by atoms with E-state index in [-0.39, 0.29) is 13.2 Å². The zero-order chi connectivity index (χ0) is 11.5. The van der Waals surface area contributed by atoms with Crippen molar-refractivity contribution in [1.82, 2.24) is 5.32 Å². The van der Waals surface area contributed by atoms with Crippen LogP contribution in [0.3, 0.4) is 0 Å². The van der Waals surface area contributed by atoms with Gasteiger partial charge in [0.25, 0.3) is 0 Å². The van der Waals surface area contributed by atoms with E-state index in [0.717, 1.165) is 0 Å². The van der Waals surface area contributed by atoms with Gasteiger partial charge in [-0.05, 0) is 0 Å². The first-order chi connectivity index (χ1) is 7.05. The second kappa shape index (κ2) is 5.17. The molecular weight excluding hydrogens is 206 g/mol. The Balaban J connectivity index is 2.48. The predicted molar refractivity (Wildman–Crippen MR) is 48.9 cm³/mol. The molecule has 0 spiro atoms. The summed E-state index contributed by atoms with van der Waals surface area (Å²) < 4.78 is 4.93. The molecular formula is C8H17NO6. The average Bonchev–Trinajstić information content (AvgIpc) is 2.45. The molecule has 0 radical (unpaired) electrons. The Morgan fingerprint density at radius 3 is 2.40 bits per heavy atom. The molecule has 6 N–H and O–H groups in total. The fraction of sp³-hybridized carbons (Fsp3) is 1.00. The van der Waals surface area contributed by atoms with E-state index in [2.05, 4.69) is 5.32 Å². The lowest BCUT2D eigenvalue weighted by Crippen LogP contribution is -2.46. The van der Waals surface area contributed by atoms with Crippen molar-refractivity contribution < 1.29 is 30.3 Å².